The molecule has 0 radical (unpaired) electrons. The molecule has 92 valence electrons. The highest BCUT2D eigenvalue weighted by Gasteiger charge is 2.17. The van der Waals surface area contributed by atoms with Crippen LogP contribution in [0, 0.1) is 11.3 Å². The number of likely N-dealkylation sites (N-methyl/N-ethyl adjacent to an activating group) is 1. The maximum atomic E-state index is 9.21. The fourth-order valence-corrected chi connectivity index (χ4v) is 1.68. The molecule has 0 N–H and O–H groups in total. The van der Waals surface area contributed by atoms with E-state index in [0.29, 0.717) is 12.3 Å². The second kappa shape index (κ2) is 6.12. The van der Waals surface area contributed by atoms with Gasteiger partial charge < -0.3 is 14.4 Å². The Balaban J connectivity index is 3.07. The lowest BCUT2D eigenvalue weighted by molar-refractivity contribution is 0.374. The largest absolute Gasteiger partial charge is 0.497 e. The minimum atomic E-state index is -0.203. The molecule has 1 aromatic rings. The molecule has 0 aliphatic carbocycles. The molecule has 0 aromatic heterocycles. The van der Waals surface area contributed by atoms with Crippen molar-refractivity contribution in [3.8, 4) is 17.6 Å². The van der Waals surface area contributed by atoms with E-state index in [-0.39, 0.29) is 5.92 Å². The number of rotatable bonds is 5. The molecule has 17 heavy (non-hydrogen) atoms. The molecule has 4 nitrogen and oxygen atoms in total. The van der Waals surface area contributed by atoms with Crippen LogP contribution in [0.4, 0.5) is 0 Å². The van der Waals surface area contributed by atoms with Crippen LogP contribution >= 0.6 is 0 Å². The SMILES string of the molecule is COc1ccc(C(C#N)CN(C)C)c(OC)c1. The number of ether oxygens (including phenoxy) is 2. The van der Waals surface area contributed by atoms with E-state index in [0.717, 1.165) is 11.3 Å². The molecule has 1 atom stereocenters. The first-order chi connectivity index (χ1) is 8.12. The molecule has 0 bridgehead atoms. The molecule has 1 rings (SSSR count). The first-order valence-electron chi connectivity index (χ1n) is 5.38. The Morgan fingerprint density at radius 3 is 2.47 bits per heavy atom. The van der Waals surface area contributed by atoms with Crippen LogP contribution in [-0.2, 0) is 0 Å². The van der Waals surface area contributed by atoms with E-state index in [4.69, 9.17) is 9.47 Å². The van der Waals surface area contributed by atoms with Crippen LogP contribution in [0.25, 0.3) is 0 Å². The van der Waals surface area contributed by atoms with Crippen LogP contribution in [0.2, 0.25) is 0 Å². The molecule has 0 heterocycles. The standard InChI is InChI=1S/C13H18N2O2/c1-15(2)9-10(8-14)12-6-5-11(16-3)7-13(12)17-4/h5-7,10H,9H2,1-4H3. The lowest BCUT2D eigenvalue weighted by Crippen LogP contribution is -2.19. The van der Waals surface area contributed by atoms with Gasteiger partial charge in [0, 0.05) is 18.2 Å². The molecule has 0 spiro atoms. The van der Waals surface area contributed by atoms with E-state index in [2.05, 4.69) is 6.07 Å². The molecule has 0 amide bonds. The summed E-state index contributed by atoms with van der Waals surface area (Å²) < 4.78 is 10.4. The Labute approximate surface area is 102 Å². The van der Waals surface area contributed by atoms with E-state index in [1.807, 2.05) is 31.1 Å². The topological polar surface area (TPSA) is 45.5 Å². The van der Waals surface area contributed by atoms with E-state index in [1.165, 1.54) is 0 Å². The summed E-state index contributed by atoms with van der Waals surface area (Å²) in [6.07, 6.45) is 0. The van der Waals surface area contributed by atoms with E-state index < -0.39 is 0 Å². The van der Waals surface area contributed by atoms with Crippen molar-refractivity contribution < 1.29 is 9.47 Å². The lowest BCUT2D eigenvalue weighted by Gasteiger charge is -2.18. The monoisotopic (exact) mass is 234 g/mol. The van der Waals surface area contributed by atoms with Gasteiger partial charge in [0.25, 0.3) is 0 Å². The molecule has 0 saturated heterocycles. The van der Waals surface area contributed by atoms with Gasteiger partial charge in [-0.2, -0.15) is 5.26 Å². The molecule has 0 saturated carbocycles. The van der Waals surface area contributed by atoms with E-state index >= 15 is 0 Å². The number of nitrogens with zero attached hydrogens (tertiary/aromatic N) is 2. The van der Waals surface area contributed by atoms with Gasteiger partial charge in [-0.1, -0.05) is 6.07 Å². The second-order valence-corrected chi connectivity index (χ2v) is 4.05. The molecular weight excluding hydrogens is 216 g/mol. The number of hydrogen-bond donors (Lipinski definition) is 0. The summed E-state index contributed by atoms with van der Waals surface area (Å²) in [5, 5.41) is 9.21. The molecule has 0 fully saturated rings. The van der Waals surface area contributed by atoms with Crippen LogP contribution < -0.4 is 9.47 Å². The summed E-state index contributed by atoms with van der Waals surface area (Å²) >= 11 is 0. The quantitative estimate of drug-likeness (QED) is 0.780. The maximum Gasteiger partial charge on any atom is 0.127 e. The Kier molecular flexibility index (Phi) is 4.80. The van der Waals surface area contributed by atoms with Gasteiger partial charge in [-0.25, -0.2) is 0 Å². The first-order valence-corrected chi connectivity index (χ1v) is 5.38. The van der Waals surface area contributed by atoms with Crippen molar-refractivity contribution in [2.75, 3.05) is 34.9 Å². The van der Waals surface area contributed by atoms with Crippen LogP contribution in [0.5, 0.6) is 11.5 Å². The highest BCUT2D eigenvalue weighted by Crippen LogP contribution is 2.30. The van der Waals surface area contributed by atoms with Crippen LogP contribution in [0.1, 0.15) is 11.5 Å². The Hall–Kier alpha value is -1.73. The van der Waals surface area contributed by atoms with Gasteiger partial charge in [0.1, 0.15) is 11.5 Å². The summed E-state index contributed by atoms with van der Waals surface area (Å²) in [6, 6.07) is 7.83. The fourth-order valence-electron chi connectivity index (χ4n) is 1.68. The second-order valence-electron chi connectivity index (χ2n) is 4.05. The summed E-state index contributed by atoms with van der Waals surface area (Å²) in [4.78, 5) is 1.98. The van der Waals surface area contributed by atoms with Crippen molar-refractivity contribution >= 4 is 0 Å². The molecular formula is C13H18N2O2. The Morgan fingerprint density at radius 2 is 2.00 bits per heavy atom. The van der Waals surface area contributed by atoms with Crippen LogP contribution in [-0.4, -0.2) is 39.8 Å². The van der Waals surface area contributed by atoms with Crippen molar-refractivity contribution in [2.45, 2.75) is 5.92 Å². The van der Waals surface area contributed by atoms with Gasteiger partial charge in [0.15, 0.2) is 0 Å². The molecule has 1 aromatic carbocycles. The highest BCUT2D eigenvalue weighted by atomic mass is 16.5. The maximum absolute atomic E-state index is 9.21. The normalized spacial score (nSPS) is 12.0. The zero-order valence-corrected chi connectivity index (χ0v) is 10.7. The summed E-state index contributed by atoms with van der Waals surface area (Å²) in [7, 11) is 7.10. The predicted octanol–water partition coefficient (Wildman–Crippen LogP) is 1.87. The molecule has 0 aliphatic rings. The molecule has 4 heteroatoms. The highest BCUT2D eigenvalue weighted by molar-refractivity contribution is 5.44. The van der Waals surface area contributed by atoms with Crippen molar-refractivity contribution in [3.63, 3.8) is 0 Å². The van der Waals surface area contributed by atoms with Gasteiger partial charge in [0.2, 0.25) is 0 Å². The smallest absolute Gasteiger partial charge is 0.127 e. The van der Waals surface area contributed by atoms with Gasteiger partial charge in [0.05, 0.1) is 26.2 Å². The van der Waals surface area contributed by atoms with Gasteiger partial charge in [-0.3, -0.25) is 0 Å². The summed E-state index contributed by atoms with van der Waals surface area (Å²) in [5.74, 6) is 1.22. The minimum Gasteiger partial charge on any atom is -0.497 e. The van der Waals surface area contributed by atoms with Crippen molar-refractivity contribution in [1.82, 2.24) is 4.90 Å². The van der Waals surface area contributed by atoms with Crippen molar-refractivity contribution in [2.24, 2.45) is 0 Å². The average molecular weight is 234 g/mol. The summed E-state index contributed by atoms with van der Waals surface area (Å²) in [6.45, 7) is 0.666. The third-order valence-electron chi connectivity index (χ3n) is 2.52. The van der Waals surface area contributed by atoms with E-state index in [1.54, 1.807) is 20.3 Å². The third-order valence-corrected chi connectivity index (χ3v) is 2.52. The third kappa shape index (κ3) is 3.36. The van der Waals surface area contributed by atoms with Gasteiger partial charge >= 0.3 is 0 Å². The predicted molar refractivity (Wildman–Crippen MR) is 66.5 cm³/mol. The number of benzene rings is 1. The number of hydrogen-bond acceptors (Lipinski definition) is 4. The minimum absolute atomic E-state index is 0.203. The van der Waals surface area contributed by atoms with E-state index in [9.17, 15) is 5.26 Å². The fraction of sp³-hybridized carbons (Fsp3) is 0.462. The zero-order chi connectivity index (χ0) is 12.8. The lowest BCUT2D eigenvalue weighted by atomic mass is 9.99. The molecule has 0 aliphatic heterocycles. The van der Waals surface area contributed by atoms with Crippen LogP contribution in [0.15, 0.2) is 18.2 Å². The average Bonchev–Trinajstić information content (AvgIpc) is 2.35. The zero-order valence-electron chi connectivity index (χ0n) is 10.7. The summed E-state index contributed by atoms with van der Waals surface area (Å²) in [5.41, 5.74) is 0.893. The van der Waals surface area contributed by atoms with Gasteiger partial charge in [-0.05, 0) is 20.2 Å². The number of nitriles is 1. The Morgan fingerprint density at radius 1 is 1.29 bits per heavy atom. The van der Waals surface area contributed by atoms with Crippen LogP contribution in [0.3, 0.4) is 0 Å². The molecule has 1 unspecified atom stereocenters. The first kappa shape index (κ1) is 13.3. The van der Waals surface area contributed by atoms with Crippen molar-refractivity contribution in [1.29, 1.82) is 5.26 Å². The van der Waals surface area contributed by atoms with Gasteiger partial charge in [-0.15, -0.1) is 0 Å². The number of methoxy groups -OCH3 is 2. The van der Waals surface area contributed by atoms with Crippen molar-refractivity contribution in [3.05, 3.63) is 23.8 Å². The Bertz CT molecular complexity index is 410.